The van der Waals surface area contributed by atoms with Crippen molar-refractivity contribution in [3.05, 3.63) is 63.9 Å². The molecule has 0 unspecified atom stereocenters. The van der Waals surface area contributed by atoms with Gasteiger partial charge in [0.25, 0.3) is 5.91 Å². The first-order chi connectivity index (χ1) is 13.8. The lowest BCUT2D eigenvalue weighted by molar-refractivity contribution is -0.142. The van der Waals surface area contributed by atoms with Crippen LogP contribution in [0.5, 0.6) is 5.75 Å². The second-order valence-electron chi connectivity index (χ2n) is 7.79. The van der Waals surface area contributed by atoms with Crippen LogP contribution in [-0.4, -0.2) is 35.9 Å². The van der Waals surface area contributed by atoms with Gasteiger partial charge in [-0.1, -0.05) is 23.2 Å². The third-order valence-corrected chi connectivity index (χ3v) is 6.04. The molecule has 3 fully saturated rings. The molecule has 2 aromatic rings. The average Bonchev–Trinajstić information content (AvgIpc) is 2.64. The fourth-order valence-electron chi connectivity index (χ4n) is 4.16. The van der Waals surface area contributed by atoms with Crippen LogP contribution >= 0.6 is 23.2 Å². The number of rotatable bonds is 8. The SMILES string of the molecule is O=C(COc1ccc(Cl)c(F)c1)NC12CC(NCC(=O)c3ccc(Cl)cc3)(C1)C2. The largest absolute Gasteiger partial charge is 0.484 e. The van der Waals surface area contributed by atoms with Crippen LogP contribution in [0.1, 0.15) is 29.6 Å². The number of carbonyl (C=O) groups excluding carboxylic acids is 2. The van der Waals surface area contributed by atoms with Gasteiger partial charge < -0.3 is 15.4 Å². The first kappa shape index (κ1) is 20.1. The molecule has 3 aliphatic rings. The van der Waals surface area contributed by atoms with E-state index in [0.717, 1.165) is 25.3 Å². The van der Waals surface area contributed by atoms with E-state index in [1.54, 1.807) is 24.3 Å². The molecule has 3 saturated carbocycles. The topological polar surface area (TPSA) is 67.4 Å². The lowest BCUT2D eigenvalue weighted by atomic mass is 9.44. The van der Waals surface area contributed by atoms with Crippen molar-refractivity contribution in [2.24, 2.45) is 0 Å². The van der Waals surface area contributed by atoms with Crippen LogP contribution in [0.25, 0.3) is 0 Å². The zero-order chi connectivity index (χ0) is 20.6. The van der Waals surface area contributed by atoms with Gasteiger partial charge in [-0.15, -0.1) is 0 Å². The number of ether oxygens (including phenoxy) is 1. The van der Waals surface area contributed by atoms with E-state index in [1.165, 1.54) is 12.1 Å². The van der Waals surface area contributed by atoms with Crippen LogP contribution in [0.3, 0.4) is 0 Å². The Balaban J connectivity index is 1.19. The lowest BCUT2D eigenvalue weighted by Crippen LogP contribution is -2.83. The van der Waals surface area contributed by atoms with E-state index in [1.807, 2.05) is 0 Å². The molecule has 2 bridgehead atoms. The summed E-state index contributed by atoms with van der Waals surface area (Å²) < 4.78 is 18.7. The van der Waals surface area contributed by atoms with Crippen molar-refractivity contribution in [3.8, 4) is 5.75 Å². The molecule has 2 N–H and O–H groups in total. The summed E-state index contributed by atoms with van der Waals surface area (Å²) in [6, 6.07) is 10.8. The van der Waals surface area contributed by atoms with Crippen LogP contribution in [0.15, 0.2) is 42.5 Å². The molecule has 5 nitrogen and oxygen atoms in total. The maximum absolute atomic E-state index is 13.4. The molecular formula is C21H19Cl2FN2O3. The number of hydrogen-bond acceptors (Lipinski definition) is 4. The van der Waals surface area contributed by atoms with Crippen LogP contribution < -0.4 is 15.4 Å². The Morgan fingerprint density at radius 1 is 1.03 bits per heavy atom. The minimum Gasteiger partial charge on any atom is -0.484 e. The fraction of sp³-hybridized carbons (Fsp3) is 0.333. The van der Waals surface area contributed by atoms with Crippen molar-refractivity contribution in [1.82, 2.24) is 10.6 Å². The van der Waals surface area contributed by atoms with Gasteiger partial charge in [0.2, 0.25) is 0 Å². The van der Waals surface area contributed by atoms with Crippen molar-refractivity contribution in [2.75, 3.05) is 13.2 Å². The van der Waals surface area contributed by atoms with Crippen LogP contribution in [0.4, 0.5) is 4.39 Å². The van der Waals surface area contributed by atoms with Crippen molar-refractivity contribution in [1.29, 1.82) is 0 Å². The highest BCUT2D eigenvalue weighted by Crippen LogP contribution is 2.60. The summed E-state index contributed by atoms with van der Waals surface area (Å²) in [5, 5.41) is 6.90. The number of amides is 1. The predicted molar refractivity (Wildman–Crippen MR) is 108 cm³/mol. The van der Waals surface area contributed by atoms with Gasteiger partial charge in [0.1, 0.15) is 11.6 Å². The van der Waals surface area contributed by atoms with E-state index in [-0.39, 0.29) is 46.7 Å². The van der Waals surface area contributed by atoms with Crippen molar-refractivity contribution >= 4 is 34.9 Å². The van der Waals surface area contributed by atoms with Crippen LogP contribution in [0.2, 0.25) is 10.0 Å². The Morgan fingerprint density at radius 2 is 1.72 bits per heavy atom. The molecule has 152 valence electrons. The van der Waals surface area contributed by atoms with E-state index in [0.29, 0.717) is 10.6 Å². The molecule has 1 amide bonds. The van der Waals surface area contributed by atoms with E-state index in [4.69, 9.17) is 27.9 Å². The number of halogens is 3. The standard InChI is InChI=1S/C21H19Cl2FN2O3/c22-14-3-1-13(2-4-14)18(27)8-25-20-10-21(11-20,12-20)26-19(28)9-29-15-5-6-16(23)17(24)7-15/h1-7,25H,8-12H2,(H,26,28). The molecule has 0 saturated heterocycles. The fourth-order valence-corrected chi connectivity index (χ4v) is 4.40. The van der Waals surface area contributed by atoms with Crippen molar-refractivity contribution < 1.29 is 18.7 Å². The van der Waals surface area contributed by atoms with Crippen molar-refractivity contribution in [3.63, 3.8) is 0 Å². The highest BCUT2D eigenvalue weighted by molar-refractivity contribution is 6.31. The van der Waals surface area contributed by atoms with Gasteiger partial charge in [-0.25, -0.2) is 4.39 Å². The van der Waals surface area contributed by atoms with Crippen molar-refractivity contribution in [2.45, 2.75) is 30.3 Å². The summed E-state index contributed by atoms with van der Waals surface area (Å²) in [6.45, 7) is 0.0508. The van der Waals surface area contributed by atoms with Crippen LogP contribution in [0, 0.1) is 5.82 Å². The number of carbonyl (C=O) groups is 2. The van der Waals surface area contributed by atoms with E-state index < -0.39 is 5.82 Å². The highest BCUT2D eigenvalue weighted by Gasteiger charge is 2.68. The number of hydrogen-bond donors (Lipinski definition) is 2. The summed E-state index contributed by atoms with van der Waals surface area (Å²) in [6.07, 6.45) is 2.32. The highest BCUT2D eigenvalue weighted by atomic mass is 35.5. The molecular weight excluding hydrogens is 418 g/mol. The van der Waals surface area contributed by atoms with E-state index >= 15 is 0 Å². The summed E-state index contributed by atoms with van der Waals surface area (Å²) in [5.74, 6) is -0.595. The van der Waals surface area contributed by atoms with Gasteiger partial charge in [-0.05, 0) is 55.7 Å². The van der Waals surface area contributed by atoms with Gasteiger partial charge in [-0.3, -0.25) is 9.59 Å². The quantitative estimate of drug-likeness (QED) is 0.617. The Morgan fingerprint density at radius 3 is 2.38 bits per heavy atom. The molecule has 2 aromatic carbocycles. The average molecular weight is 437 g/mol. The molecule has 0 heterocycles. The smallest absolute Gasteiger partial charge is 0.258 e. The number of benzene rings is 2. The molecule has 5 rings (SSSR count). The van der Waals surface area contributed by atoms with Gasteiger partial charge in [-0.2, -0.15) is 0 Å². The minimum absolute atomic E-state index is 0.00279. The molecule has 29 heavy (non-hydrogen) atoms. The predicted octanol–water partition coefficient (Wildman–Crippen LogP) is 3.78. The number of ketones is 1. The Labute approximate surface area is 177 Å². The molecule has 0 spiro atoms. The third kappa shape index (κ3) is 4.25. The maximum Gasteiger partial charge on any atom is 0.258 e. The Kier molecular flexibility index (Phi) is 5.27. The third-order valence-electron chi connectivity index (χ3n) is 5.49. The van der Waals surface area contributed by atoms with E-state index in [2.05, 4.69) is 10.6 Å². The Hall–Kier alpha value is -2.15. The van der Waals surface area contributed by atoms with E-state index in [9.17, 15) is 14.0 Å². The second-order valence-corrected chi connectivity index (χ2v) is 8.63. The zero-order valence-electron chi connectivity index (χ0n) is 15.4. The van der Waals surface area contributed by atoms with Gasteiger partial charge >= 0.3 is 0 Å². The summed E-state index contributed by atoms with van der Waals surface area (Å²) in [7, 11) is 0. The first-order valence-electron chi connectivity index (χ1n) is 9.21. The minimum atomic E-state index is -0.592. The normalized spacial score (nSPS) is 24.2. The monoisotopic (exact) mass is 436 g/mol. The van der Waals surface area contributed by atoms with Gasteiger partial charge in [0.15, 0.2) is 12.4 Å². The molecule has 3 aliphatic carbocycles. The summed E-state index contributed by atoms with van der Waals surface area (Å²) >= 11 is 11.5. The second kappa shape index (κ2) is 7.59. The lowest BCUT2D eigenvalue weighted by Gasteiger charge is -2.70. The Bertz CT molecular complexity index is 945. The van der Waals surface area contributed by atoms with Crippen LogP contribution in [-0.2, 0) is 4.79 Å². The number of nitrogens with one attached hydrogen (secondary N) is 2. The molecule has 0 aromatic heterocycles. The van der Waals surface area contributed by atoms with Gasteiger partial charge in [0, 0.05) is 27.7 Å². The zero-order valence-corrected chi connectivity index (χ0v) is 16.9. The van der Waals surface area contributed by atoms with Gasteiger partial charge in [0.05, 0.1) is 11.6 Å². The number of Topliss-reactive ketones (excluding diaryl/α,β-unsaturated/α-hetero) is 1. The summed E-state index contributed by atoms with van der Waals surface area (Å²) in [5.41, 5.74) is 0.296. The molecule has 0 radical (unpaired) electrons. The molecule has 0 aliphatic heterocycles. The molecule has 8 heteroatoms. The molecule has 0 atom stereocenters. The summed E-state index contributed by atoms with van der Waals surface area (Å²) in [4.78, 5) is 24.4. The first-order valence-corrected chi connectivity index (χ1v) is 9.97. The maximum atomic E-state index is 13.4.